The molecule has 2 atom stereocenters. The smallest absolute Gasteiger partial charge is 0.255 e. The minimum Gasteiger partial charge on any atom is -0.322 e. The first-order chi connectivity index (χ1) is 15.3. The normalized spacial score (nSPS) is 19.6. The monoisotopic (exact) mass is 453 g/mol. The minimum atomic E-state index is -3.58. The van der Waals surface area contributed by atoms with Crippen LogP contribution in [0.1, 0.15) is 49.0 Å². The van der Waals surface area contributed by atoms with Crippen LogP contribution in [-0.4, -0.2) is 45.5 Å². The first kappa shape index (κ1) is 22.2. The highest BCUT2D eigenvalue weighted by Gasteiger charge is 2.35. The highest BCUT2D eigenvalue weighted by atomic mass is 32.2. The van der Waals surface area contributed by atoms with Crippen molar-refractivity contribution in [2.75, 3.05) is 5.32 Å². The molecule has 0 spiro atoms. The van der Waals surface area contributed by atoms with Gasteiger partial charge >= 0.3 is 0 Å². The van der Waals surface area contributed by atoms with Crippen molar-refractivity contribution in [2.24, 2.45) is 0 Å². The number of benzene rings is 2. The number of hydrogen-bond acceptors (Lipinski definition) is 5. The third kappa shape index (κ3) is 4.73. The predicted molar refractivity (Wildman–Crippen MR) is 122 cm³/mol. The van der Waals surface area contributed by atoms with Gasteiger partial charge in [0.2, 0.25) is 10.0 Å². The van der Waals surface area contributed by atoms with Gasteiger partial charge in [-0.05, 0) is 68.7 Å². The lowest BCUT2D eigenvalue weighted by Crippen LogP contribution is -2.47. The van der Waals surface area contributed by atoms with E-state index in [4.69, 9.17) is 0 Å². The summed E-state index contributed by atoms with van der Waals surface area (Å²) in [6.07, 6.45) is 5.90. The zero-order valence-electron chi connectivity index (χ0n) is 18.2. The van der Waals surface area contributed by atoms with Gasteiger partial charge in [0, 0.05) is 23.3 Å². The summed E-state index contributed by atoms with van der Waals surface area (Å²) in [5, 5.41) is 6.89. The summed E-state index contributed by atoms with van der Waals surface area (Å²) >= 11 is 0. The van der Waals surface area contributed by atoms with E-state index < -0.39 is 10.0 Å². The number of aromatic nitrogens is 3. The summed E-state index contributed by atoms with van der Waals surface area (Å²) in [7, 11) is -3.58. The molecule has 8 nitrogen and oxygen atoms in total. The van der Waals surface area contributed by atoms with Gasteiger partial charge in [-0.2, -0.15) is 9.40 Å². The fraction of sp³-hybridized carbons (Fsp3) is 0.348. The molecule has 0 saturated carbocycles. The molecule has 0 radical (unpaired) electrons. The fourth-order valence-corrected chi connectivity index (χ4v) is 6.05. The van der Waals surface area contributed by atoms with E-state index in [9.17, 15) is 13.2 Å². The highest BCUT2D eigenvalue weighted by Crippen LogP contribution is 2.30. The number of carbonyl (C=O) groups is 1. The Bertz CT molecular complexity index is 1150. The van der Waals surface area contributed by atoms with Crippen LogP contribution in [0.25, 0.3) is 0 Å². The largest absolute Gasteiger partial charge is 0.322 e. The topological polar surface area (TPSA) is 97.2 Å². The molecule has 168 valence electrons. The highest BCUT2D eigenvalue weighted by molar-refractivity contribution is 7.89. The molecule has 2 heterocycles. The molecule has 9 heteroatoms. The molecule has 1 saturated heterocycles. The van der Waals surface area contributed by atoms with E-state index in [1.165, 1.54) is 6.33 Å². The quantitative estimate of drug-likeness (QED) is 0.616. The number of nitrogens with zero attached hydrogens (tertiary/aromatic N) is 4. The molecule has 3 aromatic rings. The van der Waals surface area contributed by atoms with Gasteiger partial charge in [-0.25, -0.2) is 18.1 Å². The number of carbonyl (C=O) groups excluding carboxylic acids is 1. The number of rotatable bonds is 6. The number of piperidine rings is 1. The van der Waals surface area contributed by atoms with Crippen LogP contribution in [0.4, 0.5) is 5.69 Å². The first-order valence-electron chi connectivity index (χ1n) is 10.7. The minimum absolute atomic E-state index is 0.0179. The molecule has 1 aliphatic heterocycles. The molecule has 0 aliphatic carbocycles. The molecular formula is C23H27N5O3S. The van der Waals surface area contributed by atoms with E-state index >= 15 is 0 Å². The van der Waals surface area contributed by atoms with E-state index in [0.29, 0.717) is 17.8 Å². The Morgan fingerprint density at radius 1 is 1.03 bits per heavy atom. The Morgan fingerprint density at radius 3 is 2.28 bits per heavy atom. The summed E-state index contributed by atoms with van der Waals surface area (Å²) in [5.41, 5.74) is 2.06. The molecule has 4 rings (SSSR count). The molecular weight excluding hydrogens is 426 g/mol. The van der Waals surface area contributed by atoms with Gasteiger partial charge < -0.3 is 5.32 Å². The van der Waals surface area contributed by atoms with Gasteiger partial charge in [0.25, 0.3) is 5.91 Å². The second-order valence-corrected chi connectivity index (χ2v) is 10.1. The first-order valence-corrected chi connectivity index (χ1v) is 12.1. The molecule has 1 fully saturated rings. The lowest BCUT2D eigenvalue weighted by Gasteiger charge is -2.37. The van der Waals surface area contributed by atoms with Crippen LogP contribution in [0.2, 0.25) is 0 Å². The maximum Gasteiger partial charge on any atom is 0.255 e. The van der Waals surface area contributed by atoms with Crippen molar-refractivity contribution in [2.45, 2.75) is 56.6 Å². The third-order valence-electron chi connectivity index (χ3n) is 5.83. The molecule has 0 bridgehead atoms. The SMILES string of the molecule is CC1CCCC(C)N1S(=O)(=O)c1ccc(NC(=O)c2ccc(Cn3cncn3)cc2)cc1. The molecule has 2 unspecified atom stereocenters. The Hall–Kier alpha value is -3.04. The van der Waals surface area contributed by atoms with Gasteiger partial charge in [-0.1, -0.05) is 18.6 Å². The summed E-state index contributed by atoms with van der Waals surface area (Å²) in [6.45, 7) is 4.49. The van der Waals surface area contributed by atoms with E-state index in [1.54, 1.807) is 51.7 Å². The Morgan fingerprint density at radius 2 is 1.69 bits per heavy atom. The molecule has 1 aliphatic rings. The Balaban J connectivity index is 1.42. The lowest BCUT2D eigenvalue weighted by atomic mass is 10.0. The van der Waals surface area contributed by atoms with Gasteiger partial charge in [0.1, 0.15) is 12.7 Å². The van der Waals surface area contributed by atoms with Gasteiger partial charge in [0.15, 0.2) is 0 Å². The molecule has 32 heavy (non-hydrogen) atoms. The Kier molecular flexibility index (Phi) is 6.38. The second kappa shape index (κ2) is 9.22. The third-order valence-corrected chi connectivity index (χ3v) is 7.97. The van der Waals surface area contributed by atoms with Gasteiger partial charge in [-0.15, -0.1) is 0 Å². The number of hydrogen-bond donors (Lipinski definition) is 1. The van der Waals surface area contributed by atoms with Crippen LogP contribution >= 0.6 is 0 Å². The number of sulfonamides is 1. The molecule has 1 N–H and O–H groups in total. The predicted octanol–water partition coefficient (Wildman–Crippen LogP) is 3.53. The second-order valence-electron chi connectivity index (χ2n) is 8.23. The summed E-state index contributed by atoms with van der Waals surface area (Å²) < 4.78 is 29.6. The summed E-state index contributed by atoms with van der Waals surface area (Å²) in [5.74, 6) is -0.258. The van der Waals surface area contributed by atoms with Crippen LogP contribution in [0.3, 0.4) is 0 Å². The average molecular weight is 454 g/mol. The van der Waals surface area contributed by atoms with E-state index in [2.05, 4.69) is 15.4 Å². The standard InChI is InChI=1S/C23H27N5O3S/c1-17-4-3-5-18(2)28(17)32(30,31)22-12-10-21(11-13-22)26-23(29)20-8-6-19(7-9-20)14-27-16-24-15-25-27/h6-13,15-18H,3-5,14H2,1-2H3,(H,26,29). The zero-order chi connectivity index (χ0) is 22.7. The van der Waals surface area contributed by atoms with Crippen LogP contribution in [0, 0.1) is 0 Å². The molecule has 2 aromatic carbocycles. The van der Waals surface area contributed by atoms with Crippen molar-refractivity contribution in [3.05, 3.63) is 72.3 Å². The average Bonchev–Trinajstić information content (AvgIpc) is 3.27. The van der Waals surface area contributed by atoms with E-state index in [-0.39, 0.29) is 22.9 Å². The number of amides is 1. The van der Waals surface area contributed by atoms with Crippen molar-refractivity contribution in [1.29, 1.82) is 0 Å². The summed E-state index contributed by atoms with van der Waals surface area (Å²) in [4.78, 5) is 16.7. The van der Waals surface area contributed by atoms with Gasteiger partial charge in [-0.3, -0.25) is 4.79 Å². The number of nitrogens with one attached hydrogen (secondary N) is 1. The molecule has 1 amide bonds. The summed E-state index contributed by atoms with van der Waals surface area (Å²) in [6, 6.07) is 13.6. The van der Waals surface area contributed by atoms with Crippen LogP contribution < -0.4 is 5.32 Å². The number of anilines is 1. The maximum atomic E-state index is 13.1. The lowest BCUT2D eigenvalue weighted by molar-refractivity contribution is 0.102. The molecule has 1 aromatic heterocycles. The Labute approximate surface area is 188 Å². The van der Waals surface area contributed by atoms with Crippen LogP contribution in [-0.2, 0) is 16.6 Å². The zero-order valence-corrected chi connectivity index (χ0v) is 19.0. The van der Waals surface area contributed by atoms with Crippen molar-refractivity contribution in [3.8, 4) is 0 Å². The van der Waals surface area contributed by atoms with Crippen molar-refractivity contribution in [1.82, 2.24) is 19.1 Å². The fourth-order valence-electron chi connectivity index (χ4n) is 4.17. The maximum absolute atomic E-state index is 13.1. The van der Waals surface area contributed by atoms with Crippen LogP contribution in [0.15, 0.2) is 66.1 Å². The van der Waals surface area contributed by atoms with Crippen molar-refractivity contribution >= 4 is 21.6 Å². The van der Waals surface area contributed by atoms with E-state index in [0.717, 1.165) is 24.8 Å². The van der Waals surface area contributed by atoms with Gasteiger partial charge in [0.05, 0.1) is 11.4 Å². The van der Waals surface area contributed by atoms with E-state index in [1.807, 2.05) is 26.0 Å². The van der Waals surface area contributed by atoms with Crippen molar-refractivity contribution in [3.63, 3.8) is 0 Å². The van der Waals surface area contributed by atoms with Crippen LogP contribution in [0.5, 0.6) is 0 Å². The van der Waals surface area contributed by atoms with Crippen molar-refractivity contribution < 1.29 is 13.2 Å².